The lowest BCUT2D eigenvalue weighted by Crippen LogP contribution is -2.09. The fourth-order valence-corrected chi connectivity index (χ4v) is 4.70. The van der Waals surface area contributed by atoms with Crippen molar-refractivity contribution in [3.8, 4) is 11.5 Å². The SMILES string of the molecule is Cc1cc(S(=O)(=O)Cl)cc(C)c1OC(C)C.Cc1cc(S(C)(=O)=O)cc(C)c1OC(C)C. The van der Waals surface area contributed by atoms with Gasteiger partial charge in [-0.05, 0) is 102 Å². The van der Waals surface area contributed by atoms with Crippen molar-refractivity contribution in [2.45, 2.75) is 77.4 Å². The zero-order valence-corrected chi connectivity index (χ0v) is 22.5. The number of aryl methyl sites for hydroxylation is 4. The number of ether oxygens (including phenoxy) is 2. The minimum atomic E-state index is -3.68. The van der Waals surface area contributed by atoms with Crippen LogP contribution in [0.2, 0.25) is 0 Å². The summed E-state index contributed by atoms with van der Waals surface area (Å²) in [7, 11) is -1.53. The lowest BCUT2D eigenvalue weighted by atomic mass is 10.1. The fourth-order valence-electron chi connectivity index (χ4n) is 3.02. The van der Waals surface area contributed by atoms with Gasteiger partial charge in [-0.3, -0.25) is 0 Å². The summed E-state index contributed by atoms with van der Waals surface area (Å²) in [6, 6.07) is 6.35. The Balaban J connectivity index is 0.000000320. The summed E-state index contributed by atoms with van der Waals surface area (Å²) in [4.78, 5) is 0.457. The van der Waals surface area contributed by atoms with Crippen LogP contribution in [0.1, 0.15) is 49.9 Å². The number of hydrogen-bond acceptors (Lipinski definition) is 6. The first kappa shape index (κ1) is 28.3. The molecule has 2 aromatic rings. The van der Waals surface area contributed by atoms with Crippen LogP contribution >= 0.6 is 10.7 Å². The van der Waals surface area contributed by atoms with Gasteiger partial charge in [-0.15, -0.1) is 0 Å². The maximum Gasteiger partial charge on any atom is 0.261 e. The maximum atomic E-state index is 11.4. The van der Waals surface area contributed by atoms with E-state index in [1.807, 2.05) is 41.5 Å². The van der Waals surface area contributed by atoms with E-state index in [0.717, 1.165) is 33.8 Å². The summed E-state index contributed by atoms with van der Waals surface area (Å²) in [6.07, 6.45) is 1.35. The average Bonchev–Trinajstić information content (AvgIpc) is 2.59. The first-order chi connectivity index (χ1) is 14.4. The molecule has 0 atom stereocenters. The number of sulfone groups is 1. The molecular weight excluding hydrogens is 472 g/mol. The standard InChI is InChI=1S/C12H18O3S.C11H15ClO3S/c1-8(2)15-12-9(3)6-11(7-10(12)4)16(5,13)14;1-7(2)15-11-8(3)5-10(6-9(11)4)16(12,13)14/h6-8H,1-5H3;5-7H,1-4H3. The molecule has 0 saturated carbocycles. The van der Waals surface area contributed by atoms with Crippen LogP contribution in [0.15, 0.2) is 34.1 Å². The van der Waals surface area contributed by atoms with Gasteiger partial charge in [0.25, 0.3) is 9.05 Å². The Bertz CT molecular complexity index is 1030. The molecule has 0 unspecified atom stereocenters. The Morgan fingerprint density at radius 1 is 0.656 bits per heavy atom. The van der Waals surface area contributed by atoms with Gasteiger partial charge in [-0.1, -0.05) is 0 Å². The van der Waals surface area contributed by atoms with Crippen LogP contribution in [0.4, 0.5) is 0 Å². The molecule has 0 spiro atoms. The summed E-state index contributed by atoms with van der Waals surface area (Å²) in [5.74, 6) is 1.50. The highest BCUT2D eigenvalue weighted by Crippen LogP contribution is 2.29. The first-order valence-corrected chi connectivity index (χ1v) is 14.3. The molecule has 2 aromatic carbocycles. The van der Waals surface area contributed by atoms with Gasteiger partial charge in [0, 0.05) is 16.9 Å². The van der Waals surface area contributed by atoms with E-state index in [9.17, 15) is 16.8 Å². The predicted octanol–water partition coefficient (Wildman–Crippen LogP) is 5.51. The van der Waals surface area contributed by atoms with E-state index in [2.05, 4.69) is 0 Å². The molecule has 0 aromatic heterocycles. The summed E-state index contributed by atoms with van der Waals surface area (Å²) >= 11 is 0. The van der Waals surface area contributed by atoms with E-state index in [0.29, 0.717) is 4.90 Å². The van der Waals surface area contributed by atoms with Gasteiger partial charge >= 0.3 is 0 Å². The van der Waals surface area contributed by atoms with Crippen molar-refractivity contribution in [2.24, 2.45) is 0 Å². The van der Waals surface area contributed by atoms with E-state index in [4.69, 9.17) is 20.2 Å². The monoisotopic (exact) mass is 504 g/mol. The predicted molar refractivity (Wildman–Crippen MR) is 130 cm³/mol. The summed E-state index contributed by atoms with van der Waals surface area (Å²) in [5, 5.41) is 0. The molecule has 0 N–H and O–H groups in total. The van der Waals surface area contributed by atoms with Crippen molar-refractivity contribution in [1.29, 1.82) is 0 Å². The average molecular weight is 505 g/mol. The zero-order chi connectivity index (χ0) is 25.0. The van der Waals surface area contributed by atoms with Gasteiger partial charge in [0.05, 0.1) is 22.0 Å². The highest BCUT2D eigenvalue weighted by Gasteiger charge is 2.15. The molecule has 0 bridgehead atoms. The summed E-state index contributed by atoms with van der Waals surface area (Å²) < 4.78 is 56.5. The molecule has 0 aliphatic carbocycles. The van der Waals surface area contributed by atoms with E-state index in [1.165, 1.54) is 18.4 Å². The van der Waals surface area contributed by atoms with Gasteiger partial charge in [-0.25, -0.2) is 16.8 Å². The van der Waals surface area contributed by atoms with Crippen molar-refractivity contribution in [3.63, 3.8) is 0 Å². The van der Waals surface area contributed by atoms with Crippen LogP contribution in [0.25, 0.3) is 0 Å². The summed E-state index contributed by atoms with van der Waals surface area (Å²) in [6.45, 7) is 15.1. The van der Waals surface area contributed by atoms with Crippen molar-refractivity contribution in [2.75, 3.05) is 6.26 Å². The molecule has 0 aliphatic heterocycles. The molecule has 0 fully saturated rings. The Morgan fingerprint density at radius 3 is 1.16 bits per heavy atom. The Morgan fingerprint density at radius 2 is 0.938 bits per heavy atom. The van der Waals surface area contributed by atoms with Crippen LogP contribution in [-0.4, -0.2) is 35.3 Å². The van der Waals surface area contributed by atoms with Crippen LogP contribution in [0.5, 0.6) is 11.5 Å². The van der Waals surface area contributed by atoms with Crippen molar-refractivity contribution in [1.82, 2.24) is 0 Å². The van der Waals surface area contributed by atoms with Crippen LogP contribution in [-0.2, 0) is 18.9 Å². The fraction of sp³-hybridized carbons (Fsp3) is 0.478. The van der Waals surface area contributed by atoms with E-state index in [-0.39, 0.29) is 17.1 Å². The largest absolute Gasteiger partial charge is 0.490 e. The van der Waals surface area contributed by atoms with E-state index >= 15 is 0 Å². The molecular formula is C23H33ClO6S2. The minimum Gasteiger partial charge on any atom is -0.490 e. The third-order valence-corrected chi connectivity index (χ3v) is 6.71. The third kappa shape index (κ3) is 8.30. The lowest BCUT2D eigenvalue weighted by Gasteiger charge is -2.16. The highest BCUT2D eigenvalue weighted by atomic mass is 35.7. The molecule has 0 amide bonds. The molecule has 6 nitrogen and oxygen atoms in total. The van der Waals surface area contributed by atoms with Gasteiger partial charge in [0.1, 0.15) is 11.5 Å². The quantitative estimate of drug-likeness (QED) is 0.482. The number of rotatable bonds is 6. The van der Waals surface area contributed by atoms with Crippen LogP contribution in [0.3, 0.4) is 0 Å². The molecule has 0 heterocycles. The van der Waals surface area contributed by atoms with E-state index in [1.54, 1.807) is 26.0 Å². The number of halogens is 1. The third-order valence-electron chi connectivity index (χ3n) is 4.28. The topological polar surface area (TPSA) is 86.7 Å². The van der Waals surface area contributed by atoms with E-state index < -0.39 is 18.9 Å². The molecule has 0 saturated heterocycles. The van der Waals surface area contributed by atoms with Gasteiger partial charge in [-0.2, -0.15) is 0 Å². The van der Waals surface area contributed by atoms with Crippen molar-refractivity contribution < 1.29 is 26.3 Å². The van der Waals surface area contributed by atoms with Gasteiger partial charge in [0.15, 0.2) is 9.84 Å². The van der Waals surface area contributed by atoms with Gasteiger partial charge in [0.2, 0.25) is 0 Å². The number of benzene rings is 2. The first-order valence-electron chi connectivity index (χ1n) is 10.1. The van der Waals surface area contributed by atoms with Crippen LogP contribution in [0, 0.1) is 27.7 Å². The Hall–Kier alpha value is -1.77. The molecule has 9 heteroatoms. The molecule has 180 valence electrons. The molecule has 0 radical (unpaired) electrons. The number of hydrogen-bond donors (Lipinski definition) is 0. The molecule has 32 heavy (non-hydrogen) atoms. The highest BCUT2D eigenvalue weighted by molar-refractivity contribution is 8.13. The molecule has 0 aliphatic rings. The van der Waals surface area contributed by atoms with Gasteiger partial charge < -0.3 is 9.47 Å². The lowest BCUT2D eigenvalue weighted by molar-refractivity contribution is 0.238. The van der Waals surface area contributed by atoms with Crippen LogP contribution < -0.4 is 9.47 Å². The second-order valence-electron chi connectivity index (χ2n) is 8.32. The smallest absolute Gasteiger partial charge is 0.261 e. The minimum absolute atomic E-state index is 0.0517. The Labute approximate surface area is 197 Å². The molecule has 2 rings (SSSR count). The zero-order valence-electron chi connectivity index (χ0n) is 20.1. The van der Waals surface area contributed by atoms with Crippen molar-refractivity contribution >= 4 is 29.6 Å². The second-order valence-corrected chi connectivity index (χ2v) is 12.9. The normalized spacial score (nSPS) is 11.9. The van der Waals surface area contributed by atoms with Crippen molar-refractivity contribution in [3.05, 3.63) is 46.5 Å². The Kier molecular flexibility index (Phi) is 9.63. The maximum absolute atomic E-state index is 11.4. The second kappa shape index (κ2) is 10.9. The summed E-state index contributed by atoms with van der Waals surface area (Å²) in [5.41, 5.74) is 3.25.